The van der Waals surface area contributed by atoms with Gasteiger partial charge in [0.05, 0.1) is 5.52 Å². The third kappa shape index (κ3) is 2.76. The molecule has 0 bridgehead atoms. The molecule has 0 saturated carbocycles. The second-order valence-electron chi connectivity index (χ2n) is 5.90. The van der Waals surface area contributed by atoms with E-state index in [0.29, 0.717) is 21.7 Å². The molecule has 4 aromatic rings. The highest BCUT2D eigenvalue weighted by atomic mass is 32.1. The molecule has 0 aliphatic heterocycles. The van der Waals surface area contributed by atoms with Gasteiger partial charge in [-0.1, -0.05) is 17.4 Å². The fourth-order valence-electron chi connectivity index (χ4n) is 2.87. The van der Waals surface area contributed by atoms with E-state index in [0.717, 1.165) is 10.7 Å². The summed E-state index contributed by atoms with van der Waals surface area (Å²) in [5, 5.41) is 7.54. The summed E-state index contributed by atoms with van der Waals surface area (Å²) >= 11 is 1.33. The Hall–Kier alpha value is -3.07. The van der Waals surface area contributed by atoms with E-state index in [1.165, 1.54) is 34.1 Å². The van der Waals surface area contributed by atoms with E-state index in [9.17, 15) is 14.0 Å². The molecule has 0 saturated heterocycles. The first-order valence-electron chi connectivity index (χ1n) is 7.84. The van der Waals surface area contributed by atoms with E-state index in [-0.39, 0.29) is 18.0 Å². The number of anilines is 1. The summed E-state index contributed by atoms with van der Waals surface area (Å²) in [6.07, 6.45) is 0. The average Bonchev–Trinajstić information content (AvgIpc) is 3.08. The van der Waals surface area contributed by atoms with Gasteiger partial charge < -0.3 is 9.88 Å². The first-order chi connectivity index (χ1) is 12.4. The van der Waals surface area contributed by atoms with Crippen LogP contribution in [0.4, 0.5) is 10.1 Å². The van der Waals surface area contributed by atoms with Gasteiger partial charge in [0, 0.05) is 11.4 Å². The van der Waals surface area contributed by atoms with Crippen LogP contribution in [-0.4, -0.2) is 25.1 Å². The summed E-state index contributed by atoms with van der Waals surface area (Å²) in [7, 11) is 0. The molecule has 0 unspecified atom stereocenters. The van der Waals surface area contributed by atoms with Crippen molar-refractivity contribution in [1.82, 2.24) is 19.2 Å². The van der Waals surface area contributed by atoms with E-state index in [1.54, 1.807) is 30.5 Å². The van der Waals surface area contributed by atoms with Gasteiger partial charge in [0.2, 0.25) is 10.9 Å². The van der Waals surface area contributed by atoms with Crippen LogP contribution in [0.1, 0.15) is 10.7 Å². The molecule has 0 aliphatic rings. The Kier molecular flexibility index (Phi) is 3.80. The number of nitrogens with one attached hydrogen (secondary N) is 1. The molecule has 3 heterocycles. The summed E-state index contributed by atoms with van der Waals surface area (Å²) in [5.41, 5.74) is 1.61. The lowest BCUT2D eigenvalue weighted by Gasteiger charge is -2.09. The number of aromatic nitrogens is 4. The standard InChI is InChI=1S/C17H14FN5O2S/c1-9-6-13-15(16(25)23-17(20-13)26-10(2)21-23)22(9)8-14(24)19-12-5-3-4-11(18)7-12/h3-7H,8H2,1-2H3,(H,19,24). The van der Waals surface area contributed by atoms with Gasteiger partial charge in [-0.15, -0.1) is 0 Å². The highest BCUT2D eigenvalue weighted by Crippen LogP contribution is 2.18. The van der Waals surface area contributed by atoms with Crippen molar-refractivity contribution in [2.24, 2.45) is 0 Å². The highest BCUT2D eigenvalue weighted by molar-refractivity contribution is 7.16. The number of rotatable bonds is 3. The van der Waals surface area contributed by atoms with Crippen LogP contribution in [0.25, 0.3) is 16.0 Å². The van der Waals surface area contributed by atoms with Crippen molar-refractivity contribution in [1.29, 1.82) is 0 Å². The van der Waals surface area contributed by atoms with E-state index in [2.05, 4.69) is 15.4 Å². The molecule has 132 valence electrons. The first-order valence-corrected chi connectivity index (χ1v) is 8.66. The minimum atomic E-state index is -0.436. The van der Waals surface area contributed by atoms with E-state index in [4.69, 9.17) is 0 Å². The Morgan fingerprint density at radius 3 is 2.88 bits per heavy atom. The van der Waals surface area contributed by atoms with Crippen LogP contribution >= 0.6 is 11.3 Å². The molecule has 0 fully saturated rings. The van der Waals surface area contributed by atoms with Crippen LogP contribution in [0.5, 0.6) is 0 Å². The number of carbonyl (C=O) groups excluding carboxylic acids is 1. The van der Waals surface area contributed by atoms with Crippen molar-refractivity contribution in [3.05, 3.63) is 57.2 Å². The number of hydrogen-bond donors (Lipinski definition) is 1. The molecule has 26 heavy (non-hydrogen) atoms. The van der Waals surface area contributed by atoms with Crippen LogP contribution in [0.3, 0.4) is 0 Å². The second kappa shape index (κ2) is 6.03. The van der Waals surface area contributed by atoms with Crippen LogP contribution in [0.15, 0.2) is 35.1 Å². The smallest absolute Gasteiger partial charge is 0.299 e. The van der Waals surface area contributed by atoms with Crippen LogP contribution in [0.2, 0.25) is 0 Å². The van der Waals surface area contributed by atoms with Gasteiger partial charge in [0.15, 0.2) is 0 Å². The fraction of sp³-hybridized carbons (Fsp3) is 0.176. The number of benzene rings is 1. The number of carbonyl (C=O) groups is 1. The Morgan fingerprint density at radius 2 is 2.12 bits per heavy atom. The van der Waals surface area contributed by atoms with Gasteiger partial charge in [0.1, 0.15) is 22.9 Å². The maximum Gasteiger partial charge on any atom is 0.299 e. The average molecular weight is 371 g/mol. The van der Waals surface area contributed by atoms with Crippen molar-refractivity contribution in [2.45, 2.75) is 20.4 Å². The topological polar surface area (TPSA) is 81.3 Å². The fourth-order valence-corrected chi connectivity index (χ4v) is 3.61. The van der Waals surface area contributed by atoms with Gasteiger partial charge in [-0.2, -0.15) is 9.61 Å². The highest BCUT2D eigenvalue weighted by Gasteiger charge is 2.17. The largest absolute Gasteiger partial charge is 0.330 e. The van der Waals surface area contributed by atoms with Crippen molar-refractivity contribution in [3.8, 4) is 0 Å². The number of nitrogens with zero attached hydrogens (tertiary/aromatic N) is 4. The van der Waals surface area contributed by atoms with Gasteiger partial charge in [-0.25, -0.2) is 9.37 Å². The molecule has 0 radical (unpaired) electrons. The van der Waals surface area contributed by atoms with Gasteiger partial charge in [-0.3, -0.25) is 9.59 Å². The molecule has 7 nitrogen and oxygen atoms in total. The van der Waals surface area contributed by atoms with Crippen molar-refractivity contribution < 1.29 is 9.18 Å². The molecule has 0 spiro atoms. The maximum atomic E-state index is 13.3. The summed E-state index contributed by atoms with van der Waals surface area (Å²) in [4.78, 5) is 30.1. The Balaban J connectivity index is 1.74. The Morgan fingerprint density at radius 1 is 1.31 bits per heavy atom. The SMILES string of the molecule is Cc1nn2c(=O)c3c(cc(C)n3CC(=O)Nc3cccc(F)c3)nc2s1. The lowest BCUT2D eigenvalue weighted by atomic mass is 10.3. The molecule has 1 amide bonds. The van der Waals surface area contributed by atoms with Crippen molar-refractivity contribution in [2.75, 3.05) is 5.32 Å². The quantitative estimate of drug-likeness (QED) is 0.600. The van der Waals surface area contributed by atoms with Crippen LogP contribution in [-0.2, 0) is 11.3 Å². The normalized spacial score (nSPS) is 11.3. The molecule has 4 rings (SSSR count). The van der Waals surface area contributed by atoms with E-state index < -0.39 is 5.82 Å². The minimum Gasteiger partial charge on any atom is -0.330 e. The number of aryl methyl sites for hydroxylation is 2. The molecule has 1 aromatic carbocycles. The van der Waals surface area contributed by atoms with Crippen molar-refractivity contribution in [3.63, 3.8) is 0 Å². The predicted molar refractivity (Wildman–Crippen MR) is 97.1 cm³/mol. The van der Waals surface area contributed by atoms with Gasteiger partial charge in [0.25, 0.3) is 5.56 Å². The molecule has 0 aliphatic carbocycles. The predicted octanol–water partition coefficient (Wildman–Crippen LogP) is 2.50. The maximum absolute atomic E-state index is 13.3. The van der Waals surface area contributed by atoms with Crippen molar-refractivity contribution >= 4 is 38.9 Å². The zero-order valence-corrected chi connectivity index (χ0v) is 14.8. The number of amides is 1. The number of hydrogen-bond acceptors (Lipinski definition) is 5. The van der Waals surface area contributed by atoms with E-state index >= 15 is 0 Å². The zero-order valence-electron chi connectivity index (χ0n) is 14.0. The number of halogens is 1. The van der Waals surface area contributed by atoms with Gasteiger partial charge >= 0.3 is 0 Å². The molecule has 1 N–H and O–H groups in total. The second-order valence-corrected chi connectivity index (χ2v) is 7.06. The molecule has 0 atom stereocenters. The summed E-state index contributed by atoms with van der Waals surface area (Å²) in [6.45, 7) is 3.52. The molecule has 9 heteroatoms. The zero-order chi connectivity index (χ0) is 18.4. The van der Waals surface area contributed by atoms with Crippen LogP contribution in [0, 0.1) is 19.7 Å². The lowest BCUT2D eigenvalue weighted by Crippen LogP contribution is -2.23. The third-order valence-electron chi connectivity index (χ3n) is 3.97. The monoisotopic (exact) mass is 371 g/mol. The van der Waals surface area contributed by atoms with E-state index in [1.807, 2.05) is 0 Å². The number of fused-ring (bicyclic) bond motifs is 2. The molecule has 3 aromatic heterocycles. The summed E-state index contributed by atoms with van der Waals surface area (Å²) < 4.78 is 16.1. The molecular formula is C17H14FN5O2S. The minimum absolute atomic E-state index is 0.0854. The first kappa shape index (κ1) is 16.4. The summed E-state index contributed by atoms with van der Waals surface area (Å²) in [5.74, 6) is -0.802. The van der Waals surface area contributed by atoms with Gasteiger partial charge in [-0.05, 0) is 38.1 Å². The Labute approximate surface area is 150 Å². The third-order valence-corrected chi connectivity index (χ3v) is 4.79. The molecular weight excluding hydrogens is 357 g/mol. The Bertz CT molecular complexity index is 1220. The van der Waals surface area contributed by atoms with Crippen LogP contribution < -0.4 is 10.9 Å². The lowest BCUT2D eigenvalue weighted by molar-refractivity contribution is -0.116. The summed E-state index contributed by atoms with van der Waals surface area (Å²) in [6, 6.07) is 7.41.